The molecule has 0 bridgehead atoms. The SMILES string of the molecule is Cc1cccc(NC(=O)c2ccc(C)c(Nc3nc(-c4cccnc4)nc(-c4cccnc4)n3)c2)c1.Cc1cccc(NC(=O)c2ccc(C)c(Nc3nc(-c4cccnc4)nc4ccccc34)c2)c1.Cc1cccc(NC(=O)c2ccc(C)c(Nc3nc(-c4cccnc4)nc4ncccc34)c2)c1.Cc1cccc(NC(=O)c2ccc(C)c(Nc3nc(-c4cccnc4)nc4nn(C)cc34)c2)c1. The summed E-state index contributed by atoms with van der Waals surface area (Å²) in [5.74, 6) is 4.08. The van der Waals surface area contributed by atoms with Gasteiger partial charge in [0.1, 0.15) is 17.5 Å². The number of aryl methyl sites for hydroxylation is 9. The first-order chi connectivity index (χ1) is 67.1. The number of anilines is 12. The third-order valence-corrected chi connectivity index (χ3v) is 21.9. The molecule has 0 unspecified atom stereocenters. The van der Waals surface area contributed by atoms with Gasteiger partial charge in [0.05, 0.1) is 16.3 Å². The predicted molar refractivity (Wildman–Crippen MR) is 544 cm³/mol. The lowest BCUT2D eigenvalue weighted by molar-refractivity contribution is 0.101. The molecule has 11 heterocycles. The van der Waals surface area contributed by atoms with E-state index < -0.39 is 0 Å². The van der Waals surface area contributed by atoms with Crippen LogP contribution in [0, 0.1) is 55.4 Å². The van der Waals surface area contributed by atoms with Gasteiger partial charge in [-0.15, -0.1) is 0 Å². The molecule has 0 aliphatic rings. The molecule has 0 spiro atoms. The fourth-order valence-electron chi connectivity index (χ4n) is 14.7. The van der Waals surface area contributed by atoms with E-state index in [4.69, 9.17) is 19.9 Å². The Morgan fingerprint density at radius 2 is 0.587 bits per heavy atom. The van der Waals surface area contributed by atoms with Crippen molar-refractivity contribution in [3.8, 4) is 56.9 Å². The van der Waals surface area contributed by atoms with Gasteiger partial charge < -0.3 is 42.5 Å². The molecule has 29 nitrogen and oxygen atoms in total. The summed E-state index contributed by atoms with van der Waals surface area (Å²) in [5, 5.41) is 32.3. The maximum absolute atomic E-state index is 12.9. The van der Waals surface area contributed by atoms with Crippen LogP contribution in [-0.4, -0.2) is 108 Å². The number of fused-ring (bicyclic) bond motifs is 3. The van der Waals surface area contributed by atoms with E-state index in [0.29, 0.717) is 91.8 Å². The van der Waals surface area contributed by atoms with Crippen molar-refractivity contribution in [1.29, 1.82) is 0 Å². The van der Waals surface area contributed by atoms with E-state index in [1.165, 1.54) is 0 Å². The van der Waals surface area contributed by atoms with Gasteiger partial charge in [-0.05, 0) is 282 Å². The van der Waals surface area contributed by atoms with Gasteiger partial charge >= 0.3 is 0 Å². The Bertz CT molecular complexity index is 7590. The molecule has 8 N–H and O–H groups in total. The summed E-state index contributed by atoms with van der Waals surface area (Å²) >= 11 is 0. The molecule has 20 rings (SSSR count). The van der Waals surface area contributed by atoms with Crippen molar-refractivity contribution in [3.05, 3.63) is 408 Å². The summed E-state index contributed by atoms with van der Waals surface area (Å²) < 4.78 is 1.70. The van der Waals surface area contributed by atoms with Crippen LogP contribution in [0.5, 0.6) is 0 Å². The van der Waals surface area contributed by atoms with E-state index in [-0.39, 0.29) is 23.6 Å². The van der Waals surface area contributed by atoms with E-state index in [9.17, 15) is 19.2 Å². The zero-order chi connectivity index (χ0) is 95.5. The van der Waals surface area contributed by atoms with Crippen molar-refractivity contribution in [2.45, 2.75) is 55.4 Å². The van der Waals surface area contributed by atoms with E-state index in [2.05, 4.69) is 102 Å². The molecule has 0 aliphatic heterocycles. The molecule has 0 fully saturated rings. The molecule has 20 aromatic rings. The van der Waals surface area contributed by atoms with Gasteiger partial charge in [0.2, 0.25) is 5.95 Å². The maximum atomic E-state index is 12.9. The molecule has 29 heteroatoms. The quantitative estimate of drug-likeness (QED) is 0.0331. The minimum Gasteiger partial charge on any atom is -0.339 e. The zero-order valence-electron chi connectivity index (χ0n) is 76.6. The normalized spacial score (nSPS) is 10.8. The fourth-order valence-corrected chi connectivity index (χ4v) is 14.7. The Hall–Kier alpha value is -18.8. The number of nitrogens with zero attached hydrogens (tertiary/aromatic N) is 17. The number of amides is 4. The van der Waals surface area contributed by atoms with Crippen LogP contribution in [-0.2, 0) is 7.05 Å². The van der Waals surface area contributed by atoms with E-state index in [1.54, 1.807) is 85.0 Å². The lowest BCUT2D eigenvalue weighted by Crippen LogP contribution is -2.12. The second-order valence-corrected chi connectivity index (χ2v) is 32.5. The van der Waals surface area contributed by atoms with E-state index >= 15 is 0 Å². The Labute approximate surface area is 794 Å². The second kappa shape index (κ2) is 42.2. The van der Waals surface area contributed by atoms with Crippen LogP contribution in [0.4, 0.5) is 68.9 Å². The summed E-state index contributed by atoms with van der Waals surface area (Å²) in [6.07, 6.45) is 20.7. The molecule has 9 aromatic carbocycles. The first-order valence-corrected chi connectivity index (χ1v) is 44.1. The lowest BCUT2D eigenvalue weighted by Gasteiger charge is -2.14. The number of carbonyl (C=O) groups excluding carboxylic acids is 4. The monoisotopic (exact) mass is 1810 g/mol. The second-order valence-electron chi connectivity index (χ2n) is 32.5. The average Bonchev–Trinajstić information content (AvgIpc) is 1.51. The fraction of sp³-hybridized carbons (Fsp3) is 0.0826. The zero-order valence-corrected chi connectivity index (χ0v) is 76.6. The molecule has 0 saturated heterocycles. The van der Waals surface area contributed by atoms with Crippen LogP contribution < -0.4 is 42.5 Å². The summed E-state index contributed by atoms with van der Waals surface area (Å²) in [7, 11) is 1.84. The number of nitrogens with one attached hydrogen (secondary N) is 8. The van der Waals surface area contributed by atoms with Gasteiger partial charge in [-0.2, -0.15) is 15.1 Å². The van der Waals surface area contributed by atoms with E-state index in [0.717, 1.165) is 134 Å². The number of carbonyl (C=O) groups is 4. The molecule has 0 aliphatic carbocycles. The highest BCUT2D eigenvalue weighted by molar-refractivity contribution is 6.08. The standard InChI is InChI=1S/C28H23N7O.C28H23N5O.C27H22N6O.C26H23N7O/c1-18-6-3-9-23(14-18)31-27(36)20-11-10-19(2)24(15-20)32-28-34-25(21-7-4-12-29-16-21)33-26(35-28)22-8-5-13-30-17-22;1-18-7-5-9-22(15-18)30-28(34)20-13-12-19(2)25(16-20)32-27-23-10-3-4-11-24(23)31-26(33-27)21-8-6-14-29-17-21;1-17-6-3-8-21(14-17)30-27(34)19-11-10-18(2)23(15-19)31-26-22-9-5-13-29-25(22)32-24(33-26)20-7-4-12-28-16-20;1-16-6-4-8-20(12-16)28-26(34)18-10-9-17(2)22(13-18)29-24-21-15-33(3)32-25(21)31-23(30-24)19-7-5-11-27-14-19/h3-17H,1-2H3,(H,31,36)(H,32,33,34,35);3-17H,1-2H3,(H,30,34)(H,31,32,33);3-16H,1-2H3,(H,30,34)(H,29,31,32,33);4-15H,1-3H3,(H,28,34)(H,29,30,31,32). The molecule has 0 atom stereocenters. The number of benzene rings is 9. The number of aromatic nitrogens is 17. The molecule has 0 saturated carbocycles. The van der Waals surface area contributed by atoms with Gasteiger partial charge in [-0.3, -0.25) is 48.8 Å². The minimum atomic E-state index is -0.202. The van der Waals surface area contributed by atoms with Crippen LogP contribution in [0.15, 0.2) is 341 Å². The van der Waals surface area contributed by atoms with Crippen LogP contribution in [0.3, 0.4) is 0 Å². The van der Waals surface area contributed by atoms with Crippen molar-refractivity contribution in [1.82, 2.24) is 84.5 Å². The Kier molecular flexibility index (Phi) is 27.8. The van der Waals surface area contributed by atoms with Crippen LogP contribution in [0.1, 0.15) is 85.9 Å². The molecule has 676 valence electrons. The van der Waals surface area contributed by atoms with Gasteiger partial charge in [0.15, 0.2) is 40.4 Å². The van der Waals surface area contributed by atoms with Gasteiger partial charge in [0, 0.05) is 182 Å². The molecule has 11 aromatic heterocycles. The molecule has 138 heavy (non-hydrogen) atoms. The topological polar surface area (TPSA) is 376 Å². The Morgan fingerprint density at radius 1 is 0.268 bits per heavy atom. The summed E-state index contributed by atoms with van der Waals surface area (Å²) in [5.41, 5.74) is 22.4. The number of rotatable bonds is 21. The first kappa shape index (κ1) is 91.1. The summed E-state index contributed by atoms with van der Waals surface area (Å²) in [4.78, 5) is 119. The van der Waals surface area contributed by atoms with Crippen molar-refractivity contribution >= 4 is 125 Å². The highest BCUT2D eigenvalue weighted by Crippen LogP contribution is 2.35. The van der Waals surface area contributed by atoms with Crippen molar-refractivity contribution in [2.24, 2.45) is 7.05 Å². The third kappa shape index (κ3) is 22.8. The Balaban J connectivity index is 0.000000127. The van der Waals surface area contributed by atoms with Gasteiger partial charge in [-0.25, -0.2) is 39.9 Å². The highest BCUT2D eigenvalue weighted by atomic mass is 16.2. The molecular formula is C109H91N25O4. The van der Waals surface area contributed by atoms with Crippen molar-refractivity contribution in [3.63, 3.8) is 0 Å². The molecule has 0 radical (unpaired) electrons. The number of pyridine rings is 6. The summed E-state index contributed by atoms with van der Waals surface area (Å²) in [6.45, 7) is 15.9. The van der Waals surface area contributed by atoms with E-state index in [1.807, 2.05) is 323 Å². The minimum absolute atomic E-state index is 0.169. The number of para-hydroxylation sites is 1. The van der Waals surface area contributed by atoms with Crippen LogP contribution in [0.2, 0.25) is 0 Å². The first-order valence-electron chi connectivity index (χ1n) is 44.1. The molecular weight excluding hydrogens is 1720 g/mol. The molecule has 4 amide bonds. The van der Waals surface area contributed by atoms with Gasteiger partial charge in [0.25, 0.3) is 23.6 Å². The maximum Gasteiger partial charge on any atom is 0.255 e. The summed E-state index contributed by atoms with van der Waals surface area (Å²) in [6, 6.07) is 83.4. The third-order valence-electron chi connectivity index (χ3n) is 21.9. The van der Waals surface area contributed by atoms with Crippen LogP contribution >= 0.6 is 0 Å². The van der Waals surface area contributed by atoms with Gasteiger partial charge in [-0.1, -0.05) is 84.9 Å². The van der Waals surface area contributed by atoms with Crippen LogP contribution in [0.25, 0.3) is 89.9 Å². The highest BCUT2D eigenvalue weighted by Gasteiger charge is 2.22. The largest absolute Gasteiger partial charge is 0.339 e. The smallest absolute Gasteiger partial charge is 0.255 e. The van der Waals surface area contributed by atoms with Crippen molar-refractivity contribution in [2.75, 3.05) is 42.5 Å². The van der Waals surface area contributed by atoms with Crippen molar-refractivity contribution < 1.29 is 19.2 Å². The predicted octanol–water partition coefficient (Wildman–Crippen LogP) is 22.7. The number of hydrogen-bond acceptors (Lipinski definition) is 24. The average molecular weight is 1820 g/mol. The Morgan fingerprint density at radius 3 is 0.949 bits per heavy atom. The number of hydrogen-bond donors (Lipinski definition) is 8. The lowest BCUT2D eigenvalue weighted by atomic mass is 10.1.